The number of carbonyl (C=O) groups excluding carboxylic acids is 1. The number of carbonyl (C=O) groups is 1. The van der Waals surface area contributed by atoms with E-state index in [4.69, 9.17) is 14.7 Å². The number of ether oxygens (including phenoxy) is 2. The van der Waals surface area contributed by atoms with Gasteiger partial charge in [-0.2, -0.15) is 5.26 Å². The van der Waals surface area contributed by atoms with Crippen molar-refractivity contribution < 1.29 is 23.0 Å². The van der Waals surface area contributed by atoms with Gasteiger partial charge in [-0.1, -0.05) is 0 Å². The van der Waals surface area contributed by atoms with Crippen LogP contribution >= 0.6 is 0 Å². The van der Waals surface area contributed by atoms with Crippen LogP contribution in [-0.2, 0) is 9.47 Å². The molecule has 0 bridgehead atoms. The third kappa shape index (κ3) is 5.15. The van der Waals surface area contributed by atoms with Gasteiger partial charge in [-0.3, -0.25) is 4.90 Å². The smallest absolute Gasteiger partial charge is 0.335 e. The van der Waals surface area contributed by atoms with Crippen molar-refractivity contribution in [2.24, 2.45) is 0 Å². The van der Waals surface area contributed by atoms with Crippen molar-refractivity contribution in [2.75, 3.05) is 24.7 Å². The zero-order valence-corrected chi connectivity index (χ0v) is 13.1. The third-order valence-corrected chi connectivity index (χ3v) is 3.59. The minimum Gasteiger partial charge on any atom is -0.353 e. The number of benzene rings is 1. The second-order valence-electron chi connectivity index (χ2n) is 5.31. The fraction of sp³-hybridized carbons (Fsp3) is 0.500. The predicted molar refractivity (Wildman–Crippen MR) is 82.0 cm³/mol. The van der Waals surface area contributed by atoms with Gasteiger partial charge < -0.3 is 9.47 Å². The lowest BCUT2D eigenvalue weighted by Crippen LogP contribution is -2.39. The van der Waals surface area contributed by atoms with Gasteiger partial charge in [0, 0.05) is 24.9 Å². The SMILES string of the molecule is N#CNC(=O)N(CCCOC1CCCCO1)c1ccc(F)c(F)c1. The largest absolute Gasteiger partial charge is 0.353 e. The molecule has 1 N–H and O–H groups in total. The monoisotopic (exact) mass is 339 g/mol. The summed E-state index contributed by atoms with van der Waals surface area (Å²) in [5.74, 6) is -2.06. The van der Waals surface area contributed by atoms with E-state index in [-0.39, 0.29) is 18.5 Å². The molecule has 1 fully saturated rings. The summed E-state index contributed by atoms with van der Waals surface area (Å²) < 4.78 is 37.4. The van der Waals surface area contributed by atoms with Gasteiger partial charge in [0.2, 0.25) is 0 Å². The Kier molecular flexibility index (Phi) is 6.90. The van der Waals surface area contributed by atoms with E-state index in [2.05, 4.69) is 0 Å². The topological polar surface area (TPSA) is 74.6 Å². The van der Waals surface area contributed by atoms with Crippen LogP contribution in [0.15, 0.2) is 18.2 Å². The summed E-state index contributed by atoms with van der Waals surface area (Å²) in [6, 6.07) is 2.42. The molecule has 0 aliphatic carbocycles. The standard InChI is InChI=1S/C16H19F2N3O3/c17-13-6-5-12(10-14(13)18)21(16(22)20-11-19)7-3-9-24-15-4-1-2-8-23-15/h5-6,10,15H,1-4,7-9H2,(H,20,22). The zero-order chi connectivity index (χ0) is 17.4. The molecule has 0 spiro atoms. The normalized spacial score (nSPS) is 17.1. The molecule has 8 heteroatoms. The summed E-state index contributed by atoms with van der Waals surface area (Å²) in [7, 11) is 0. The van der Waals surface area contributed by atoms with E-state index in [1.165, 1.54) is 12.3 Å². The zero-order valence-electron chi connectivity index (χ0n) is 13.1. The molecular weight excluding hydrogens is 320 g/mol. The molecule has 1 unspecified atom stereocenters. The van der Waals surface area contributed by atoms with Crippen LogP contribution < -0.4 is 10.2 Å². The van der Waals surface area contributed by atoms with E-state index in [1.807, 2.05) is 5.32 Å². The first kappa shape index (κ1) is 18.1. The average Bonchev–Trinajstić information content (AvgIpc) is 2.59. The summed E-state index contributed by atoms with van der Waals surface area (Å²) in [6.45, 7) is 1.21. The maximum atomic E-state index is 13.4. The van der Waals surface area contributed by atoms with Crippen LogP contribution in [0.3, 0.4) is 0 Å². The van der Waals surface area contributed by atoms with Gasteiger partial charge in [0.25, 0.3) is 0 Å². The number of halogens is 2. The van der Waals surface area contributed by atoms with Crippen molar-refractivity contribution in [1.82, 2.24) is 5.32 Å². The van der Waals surface area contributed by atoms with Gasteiger partial charge in [-0.05, 0) is 37.8 Å². The van der Waals surface area contributed by atoms with Crippen molar-refractivity contribution in [3.8, 4) is 6.19 Å². The quantitative estimate of drug-likeness (QED) is 0.491. The fourth-order valence-electron chi connectivity index (χ4n) is 2.40. The lowest BCUT2D eigenvalue weighted by atomic mass is 10.2. The van der Waals surface area contributed by atoms with Crippen LogP contribution in [0.4, 0.5) is 19.3 Å². The summed E-state index contributed by atoms with van der Waals surface area (Å²) in [6.07, 6.45) is 4.66. The number of hydrogen-bond acceptors (Lipinski definition) is 4. The summed E-state index contributed by atoms with van der Waals surface area (Å²) >= 11 is 0. The van der Waals surface area contributed by atoms with E-state index >= 15 is 0 Å². The lowest BCUT2D eigenvalue weighted by Gasteiger charge is -2.24. The van der Waals surface area contributed by atoms with E-state index < -0.39 is 17.7 Å². The molecule has 1 atom stereocenters. The van der Waals surface area contributed by atoms with Crippen molar-refractivity contribution in [3.63, 3.8) is 0 Å². The Balaban J connectivity index is 1.92. The fourth-order valence-corrected chi connectivity index (χ4v) is 2.40. The van der Waals surface area contributed by atoms with Crippen LogP contribution in [0.25, 0.3) is 0 Å². The van der Waals surface area contributed by atoms with Crippen LogP contribution in [0.2, 0.25) is 0 Å². The first-order valence-corrected chi connectivity index (χ1v) is 7.76. The maximum Gasteiger partial charge on any atom is 0.335 e. The highest BCUT2D eigenvalue weighted by molar-refractivity contribution is 5.92. The number of rotatable bonds is 6. The van der Waals surface area contributed by atoms with Gasteiger partial charge in [-0.15, -0.1) is 0 Å². The second-order valence-corrected chi connectivity index (χ2v) is 5.31. The third-order valence-electron chi connectivity index (χ3n) is 3.59. The molecule has 1 aliphatic rings. The number of anilines is 1. The Bertz CT molecular complexity index is 601. The van der Waals surface area contributed by atoms with Gasteiger partial charge in [0.1, 0.15) is 0 Å². The Morgan fingerprint density at radius 3 is 2.92 bits per heavy atom. The Hall–Kier alpha value is -2.24. The number of nitrogens with zero attached hydrogens (tertiary/aromatic N) is 2. The molecular formula is C16H19F2N3O3. The van der Waals surface area contributed by atoms with Crippen molar-refractivity contribution in [2.45, 2.75) is 32.0 Å². The first-order chi connectivity index (χ1) is 11.6. The summed E-state index contributed by atoms with van der Waals surface area (Å²) in [5, 5.41) is 10.6. The summed E-state index contributed by atoms with van der Waals surface area (Å²) in [5.41, 5.74) is 0.163. The minimum atomic E-state index is -1.06. The summed E-state index contributed by atoms with van der Waals surface area (Å²) in [4.78, 5) is 13.1. The number of amides is 2. The number of hydrogen-bond donors (Lipinski definition) is 1. The highest BCUT2D eigenvalue weighted by Crippen LogP contribution is 2.19. The molecule has 0 radical (unpaired) electrons. The second kappa shape index (κ2) is 9.15. The van der Waals surface area contributed by atoms with Crippen molar-refractivity contribution in [1.29, 1.82) is 5.26 Å². The molecule has 24 heavy (non-hydrogen) atoms. The van der Waals surface area contributed by atoms with Crippen LogP contribution in [-0.4, -0.2) is 32.1 Å². The Labute approximate surface area is 138 Å². The number of urea groups is 1. The molecule has 1 saturated heterocycles. The van der Waals surface area contributed by atoms with E-state index in [9.17, 15) is 13.6 Å². The molecule has 0 saturated carbocycles. The Morgan fingerprint density at radius 1 is 1.42 bits per heavy atom. The van der Waals surface area contributed by atoms with E-state index in [0.29, 0.717) is 19.6 Å². The van der Waals surface area contributed by atoms with Crippen molar-refractivity contribution >= 4 is 11.7 Å². The van der Waals surface area contributed by atoms with Gasteiger partial charge >= 0.3 is 6.03 Å². The van der Waals surface area contributed by atoms with Gasteiger partial charge in [-0.25, -0.2) is 18.9 Å². The molecule has 1 aromatic rings. The van der Waals surface area contributed by atoms with E-state index in [1.54, 1.807) is 0 Å². The molecule has 2 amide bonds. The average molecular weight is 339 g/mol. The van der Waals surface area contributed by atoms with E-state index in [0.717, 1.165) is 36.3 Å². The molecule has 0 aromatic heterocycles. The molecule has 2 rings (SSSR count). The van der Waals surface area contributed by atoms with Crippen LogP contribution in [0, 0.1) is 23.1 Å². The highest BCUT2D eigenvalue weighted by Gasteiger charge is 2.18. The van der Waals surface area contributed by atoms with Gasteiger partial charge in [0.15, 0.2) is 24.1 Å². The highest BCUT2D eigenvalue weighted by atomic mass is 19.2. The van der Waals surface area contributed by atoms with Crippen molar-refractivity contribution in [3.05, 3.63) is 29.8 Å². The molecule has 1 heterocycles. The van der Waals surface area contributed by atoms with Crippen LogP contribution in [0.1, 0.15) is 25.7 Å². The molecule has 1 aliphatic heterocycles. The van der Waals surface area contributed by atoms with Gasteiger partial charge in [0.05, 0.1) is 6.61 Å². The predicted octanol–water partition coefficient (Wildman–Crippen LogP) is 2.90. The first-order valence-electron chi connectivity index (χ1n) is 7.76. The Morgan fingerprint density at radius 2 is 2.25 bits per heavy atom. The number of nitrogens with one attached hydrogen (secondary N) is 1. The molecule has 1 aromatic carbocycles. The number of nitriles is 1. The van der Waals surface area contributed by atoms with Crippen LogP contribution in [0.5, 0.6) is 0 Å². The lowest BCUT2D eigenvalue weighted by molar-refractivity contribution is -0.162. The maximum absolute atomic E-state index is 13.4. The molecule has 130 valence electrons. The molecule has 6 nitrogen and oxygen atoms in total. The minimum absolute atomic E-state index is 0.163.